The Balaban J connectivity index is 1.60. The first-order valence-electron chi connectivity index (χ1n) is 9.31. The zero-order chi connectivity index (χ0) is 17.9. The average molecular weight is 349 g/mol. The molecule has 0 heterocycles. The summed E-state index contributed by atoms with van der Waals surface area (Å²) < 4.78 is 16.4. The number of nitrogens with one attached hydrogen (secondary N) is 1. The van der Waals surface area contributed by atoms with E-state index in [4.69, 9.17) is 14.2 Å². The summed E-state index contributed by atoms with van der Waals surface area (Å²) in [6.45, 7) is 1.41. The fraction of sp³-hybridized carbons (Fsp3) is 0.650. The van der Waals surface area contributed by atoms with Gasteiger partial charge in [-0.05, 0) is 43.4 Å². The number of rotatable bonds is 10. The van der Waals surface area contributed by atoms with Crippen LogP contribution < -0.4 is 14.8 Å². The lowest BCUT2D eigenvalue weighted by Crippen LogP contribution is -2.26. The minimum atomic E-state index is 0.0689. The molecule has 1 saturated carbocycles. The van der Waals surface area contributed by atoms with Crippen LogP contribution in [0.15, 0.2) is 18.2 Å². The molecular formula is C20H31NO4. The van der Waals surface area contributed by atoms with E-state index >= 15 is 0 Å². The maximum Gasteiger partial charge on any atom is 0.220 e. The molecule has 1 fully saturated rings. The zero-order valence-corrected chi connectivity index (χ0v) is 15.5. The Labute approximate surface area is 151 Å². The summed E-state index contributed by atoms with van der Waals surface area (Å²) in [4.78, 5) is 12.0. The highest BCUT2D eigenvalue weighted by Crippen LogP contribution is 2.23. The van der Waals surface area contributed by atoms with Gasteiger partial charge in [-0.15, -0.1) is 0 Å². The third kappa shape index (κ3) is 7.34. The monoisotopic (exact) mass is 349 g/mol. The van der Waals surface area contributed by atoms with Crippen LogP contribution in [0.25, 0.3) is 0 Å². The van der Waals surface area contributed by atoms with E-state index in [1.807, 2.05) is 18.2 Å². The normalized spacial score (nSPS) is 15.0. The molecule has 0 saturated heterocycles. The summed E-state index contributed by atoms with van der Waals surface area (Å²) in [6.07, 6.45) is 8.73. The molecule has 0 spiro atoms. The van der Waals surface area contributed by atoms with Crippen LogP contribution >= 0.6 is 0 Å². The lowest BCUT2D eigenvalue weighted by atomic mass is 9.98. The van der Waals surface area contributed by atoms with E-state index in [1.165, 1.54) is 32.1 Å². The minimum Gasteiger partial charge on any atom is -0.497 e. The third-order valence-electron chi connectivity index (χ3n) is 4.60. The molecule has 0 aliphatic heterocycles. The van der Waals surface area contributed by atoms with Crippen molar-refractivity contribution in [3.05, 3.63) is 23.8 Å². The number of methoxy groups -OCH3 is 2. The van der Waals surface area contributed by atoms with Gasteiger partial charge in [-0.3, -0.25) is 4.79 Å². The number of ether oxygens (including phenoxy) is 3. The molecule has 0 aromatic heterocycles. The first-order chi connectivity index (χ1) is 12.2. The Bertz CT molecular complexity index is 504. The molecule has 25 heavy (non-hydrogen) atoms. The second-order valence-corrected chi connectivity index (χ2v) is 6.56. The van der Waals surface area contributed by atoms with Gasteiger partial charge in [0.15, 0.2) is 0 Å². The van der Waals surface area contributed by atoms with E-state index in [-0.39, 0.29) is 5.91 Å². The van der Waals surface area contributed by atoms with E-state index in [0.717, 1.165) is 30.1 Å². The number of hydrogen-bond acceptors (Lipinski definition) is 4. The highest BCUT2D eigenvalue weighted by molar-refractivity contribution is 5.76. The molecule has 140 valence electrons. The predicted molar refractivity (Wildman–Crippen MR) is 98.3 cm³/mol. The Morgan fingerprint density at radius 1 is 1.08 bits per heavy atom. The van der Waals surface area contributed by atoms with Gasteiger partial charge in [0.05, 0.1) is 20.3 Å². The van der Waals surface area contributed by atoms with Crippen LogP contribution in [0.5, 0.6) is 11.5 Å². The van der Waals surface area contributed by atoms with Crippen molar-refractivity contribution in [2.24, 2.45) is 0 Å². The van der Waals surface area contributed by atoms with Gasteiger partial charge in [0, 0.05) is 25.6 Å². The first kappa shape index (κ1) is 19.6. The van der Waals surface area contributed by atoms with E-state index in [0.29, 0.717) is 25.5 Å². The number of aryl methyl sites for hydroxylation is 1. The van der Waals surface area contributed by atoms with Gasteiger partial charge >= 0.3 is 0 Å². The molecule has 0 radical (unpaired) electrons. The van der Waals surface area contributed by atoms with Crippen LogP contribution in [-0.2, 0) is 16.0 Å². The Kier molecular flexibility index (Phi) is 8.60. The first-order valence-corrected chi connectivity index (χ1v) is 9.31. The Hall–Kier alpha value is -1.75. The van der Waals surface area contributed by atoms with Gasteiger partial charge < -0.3 is 19.5 Å². The van der Waals surface area contributed by atoms with Gasteiger partial charge in [-0.25, -0.2) is 0 Å². The van der Waals surface area contributed by atoms with Crippen LogP contribution in [-0.4, -0.2) is 39.4 Å². The quantitative estimate of drug-likeness (QED) is 0.657. The number of amides is 1. The lowest BCUT2D eigenvalue weighted by Gasteiger charge is -2.21. The molecule has 0 unspecified atom stereocenters. The zero-order valence-electron chi connectivity index (χ0n) is 15.5. The van der Waals surface area contributed by atoms with Crippen molar-refractivity contribution in [1.82, 2.24) is 5.32 Å². The molecule has 1 aliphatic carbocycles. The molecule has 1 aromatic rings. The van der Waals surface area contributed by atoms with Gasteiger partial charge in [0.1, 0.15) is 11.5 Å². The van der Waals surface area contributed by atoms with Crippen molar-refractivity contribution in [3.8, 4) is 11.5 Å². The van der Waals surface area contributed by atoms with Crippen LogP contribution in [0.1, 0.15) is 50.5 Å². The fourth-order valence-corrected chi connectivity index (χ4v) is 3.14. The van der Waals surface area contributed by atoms with E-state index in [9.17, 15) is 4.79 Å². The highest BCUT2D eigenvalue weighted by Gasteiger charge is 2.13. The number of carbonyl (C=O) groups excluding carboxylic acids is 1. The van der Waals surface area contributed by atoms with Crippen molar-refractivity contribution in [2.75, 3.05) is 27.4 Å². The molecule has 1 amide bonds. The Morgan fingerprint density at radius 3 is 2.40 bits per heavy atom. The summed E-state index contributed by atoms with van der Waals surface area (Å²) in [5.41, 5.74) is 1.03. The molecule has 5 nitrogen and oxygen atoms in total. The molecule has 1 aliphatic rings. The van der Waals surface area contributed by atoms with Crippen LogP contribution in [0.4, 0.5) is 0 Å². The summed E-state index contributed by atoms with van der Waals surface area (Å²) in [6, 6.07) is 5.71. The van der Waals surface area contributed by atoms with Crippen molar-refractivity contribution in [1.29, 1.82) is 0 Å². The number of carbonyl (C=O) groups is 1. The molecule has 2 rings (SSSR count). The summed E-state index contributed by atoms with van der Waals surface area (Å²) in [7, 11) is 3.25. The van der Waals surface area contributed by atoms with Gasteiger partial charge in [0.25, 0.3) is 0 Å². The van der Waals surface area contributed by atoms with Gasteiger partial charge in [-0.2, -0.15) is 0 Å². The maximum absolute atomic E-state index is 12.0. The standard InChI is InChI=1S/C20H31NO4/c1-23-18-13-16(14-19(15-18)24-2)9-10-20(22)21-11-6-12-25-17-7-4-3-5-8-17/h13-15,17H,3-12H2,1-2H3,(H,21,22). The van der Waals surface area contributed by atoms with Crippen molar-refractivity contribution in [3.63, 3.8) is 0 Å². The fourth-order valence-electron chi connectivity index (χ4n) is 3.14. The second kappa shape index (κ2) is 11.0. The molecule has 1 N–H and O–H groups in total. The van der Waals surface area contributed by atoms with Crippen LogP contribution in [0.3, 0.4) is 0 Å². The number of hydrogen-bond donors (Lipinski definition) is 1. The van der Waals surface area contributed by atoms with Gasteiger partial charge in [-0.1, -0.05) is 19.3 Å². The highest BCUT2D eigenvalue weighted by atomic mass is 16.5. The predicted octanol–water partition coefficient (Wildman–Crippen LogP) is 3.49. The van der Waals surface area contributed by atoms with Crippen molar-refractivity contribution >= 4 is 5.91 Å². The summed E-state index contributed by atoms with van der Waals surface area (Å²) >= 11 is 0. The third-order valence-corrected chi connectivity index (χ3v) is 4.60. The van der Waals surface area contributed by atoms with Crippen LogP contribution in [0.2, 0.25) is 0 Å². The minimum absolute atomic E-state index is 0.0689. The summed E-state index contributed by atoms with van der Waals surface area (Å²) in [5, 5.41) is 2.97. The van der Waals surface area contributed by atoms with E-state index < -0.39 is 0 Å². The van der Waals surface area contributed by atoms with E-state index in [2.05, 4.69) is 5.32 Å². The lowest BCUT2D eigenvalue weighted by molar-refractivity contribution is -0.121. The van der Waals surface area contributed by atoms with Gasteiger partial charge in [0.2, 0.25) is 5.91 Å². The average Bonchev–Trinajstić information content (AvgIpc) is 2.66. The number of benzene rings is 1. The second-order valence-electron chi connectivity index (χ2n) is 6.56. The molecule has 0 atom stereocenters. The molecule has 5 heteroatoms. The smallest absolute Gasteiger partial charge is 0.220 e. The summed E-state index contributed by atoms with van der Waals surface area (Å²) in [5.74, 6) is 1.56. The molecule has 0 bridgehead atoms. The molecule has 1 aromatic carbocycles. The van der Waals surface area contributed by atoms with E-state index in [1.54, 1.807) is 14.2 Å². The van der Waals surface area contributed by atoms with Crippen LogP contribution in [0, 0.1) is 0 Å². The largest absolute Gasteiger partial charge is 0.497 e. The van der Waals surface area contributed by atoms with Crippen molar-refractivity contribution < 1.29 is 19.0 Å². The maximum atomic E-state index is 12.0. The Morgan fingerprint density at radius 2 is 1.76 bits per heavy atom. The van der Waals surface area contributed by atoms with Crippen molar-refractivity contribution in [2.45, 2.75) is 57.5 Å². The SMILES string of the molecule is COc1cc(CCC(=O)NCCCOC2CCCCC2)cc(OC)c1. The molecular weight excluding hydrogens is 318 g/mol. The topological polar surface area (TPSA) is 56.8 Å².